The Kier molecular flexibility index (Phi) is 36.8. The van der Waals surface area contributed by atoms with E-state index in [1.54, 1.807) is 0 Å². The predicted octanol–water partition coefficient (Wildman–Crippen LogP) is 6.68. The molecule has 3 amide bonds. The third-order valence-corrected chi connectivity index (χ3v) is 32.4. The molecule has 0 spiro atoms. The second-order valence-electron chi connectivity index (χ2n) is 39.5. The van der Waals surface area contributed by atoms with Crippen molar-refractivity contribution < 1.29 is 174 Å². The second-order valence-corrected chi connectivity index (χ2v) is 43.6. The minimum absolute atomic E-state index is 0.0307. The van der Waals surface area contributed by atoms with Gasteiger partial charge >= 0.3 is 28.7 Å². The number of fused-ring (bicyclic) bond motifs is 10. The number of ether oxygens (including phenoxy) is 6. The number of carbonyl (C=O) groups excluding carboxylic acids is 3. The van der Waals surface area contributed by atoms with Gasteiger partial charge < -0.3 is 111 Å². The zero-order chi connectivity index (χ0) is 94.5. The summed E-state index contributed by atoms with van der Waals surface area (Å²) in [5.74, 6) is 8.09. The van der Waals surface area contributed by atoms with Gasteiger partial charge in [0.05, 0.1) is 13.0 Å². The van der Waals surface area contributed by atoms with Crippen molar-refractivity contribution >= 4 is 48.4 Å². The second kappa shape index (κ2) is 43.1. The number of amides is 3. The molecule has 2 aliphatic heterocycles. The summed E-state index contributed by atoms with van der Waals surface area (Å²) in [6.07, 6.45) is 12.3. The number of quaternary nitrogens is 3. The third-order valence-electron chi connectivity index (χ3n) is 30.7. The molecule has 0 aromatic rings. The molecule has 9 fully saturated rings. The van der Waals surface area contributed by atoms with Gasteiger partial charge in [0, 0.05) is 25.9 Å². The lowest BCUT2D eigenvalue weighted by Gasteiger charge is -2.58. The number of rotatable bonds is 26. The Morgan fingerprint density at radius 3 is 1.33 bits per heavy atom. The summed E-state index contributed by atoms with van der Waals surface area (Å²) in [6.45, 7) is 23.9. The first-order chi connectivity index (χ1) is 58.1. The summed E-state index contributed by atoms with van der Waals surface area (Å²) in [7, 11) is -18.3. The molecule has 0 aromatic carbocycles. The standard InChI is InChI=1S/C80H136N6O16.3CHF3O3S/c1-42(2)15-13-17-44(5)52-24-26-54-50-22-20-46-37-48(28-32-77(46,7)56(50)30-34-79(52,54)9)97-75(95)84-36-12-11-19-60(86-76(96)98-49-29-33-78(8)47(38-49)21-23-51-55-27-25-53(45(6)18-14-16-43(3)4)80(55,10)35-31-57(51)78)72(94)85-40-61-65(89)67(91)68(92)74(99-61)102-71-59(82)39-58(81)70(69(71)93)101-73-66(90)63(83)64(88)62(41-87)100-73;3*2-1(3,4)8(5,6)7/h20-21,42-45,48-71,73-74,87-93H,11-19,22-41,81-83H2,1-10H3,(H,84,95)(H,85,94)(H,86,96);3*(H,5,6,7)/t44-,45-,48+,49+,50+,51+,52-,53-,54+,55+,56+,57+,58-,59+,60+,61-,62-,63+,64-,65-,66-,67+,68-,69-,70+,71+,73+,74+,77+,78+,79-,80-;;;/m1.../s1. The van der Waals surface area contributed by atoms with E-state index in [-0.39, 0.29) is 42.4 Å². The van der Waals surface area contributed by atoms with Gasteiger partial charge in [-0.1, -0.05) is 131 Å². The van der Waals surface area contributed by atoms with Crippen molar-refractivity contribution in [2.45, 2.75) is 363 Å². The fourth-order valence-electron chi connectivity index (χ4n) is 23.9. The number of hydrogen-bond acceptors (Lipinski definition) is 25. The van der Waals surface area contributed by atoms with Crippen molar-refractivity contribution in [3.8, 4) is 0 Å². The maximum Gasteiger partial charge on any atom is 0.485 e. The van der Waals surface area contributed by atoms with E-state index in [0.29, 0.717) is 60.2 Å². The molecule has 9 aliphatic carbocycles. The molecule has 0 unspecified atom stereocenters. The van der Waals surface area contributed by atoms with Crippen LogP contribution in [0.15, 0.2) is 23.3 Å². The third kappa shape index (κ3) is 25.5. The first-order valence-corrected chi connectivity index (χ1v) is 48.8. The number of allylic oxidation sites excluding steroid dienone is 2. The Morgan fingerprint density at radius 2 is 0.921 bits per heavy atom. The number of aliphatic hydroxyl groups excluding tert-OH is 7. The Labute approximate surface area is 733 Å². The molecule has 2 saturated heterocycles. The highest BCUT2D eigenvalue weighted by Gasteiger charge is 2.63. The van der Waals surface area contributed by atoms with Crippen LogP contribution in [0.1, 0.15) is 236 Å². The van der Waals surface area contributed by atoms with Gasteiger partial charge in [0.1, 0.15) is 91.3 Å². The van der Waals surface area contributed by atoms with Crippen LogP contribution in [0, 0.1) is 92.7 Å². The lowest BCUT2D eigenvalue weighted by molar-refractivity contribution is -0.525. The van der Waals surface area contributed by atoms with Gasteiger partial charge in [-0.3, -0.25) is 4.79 Å². The molecular weight excluding hydrogens is 1750 g/mol. The van der Waals surface area contributed by atoms with Crippen LogP contribution in [-0.4, -0.2) is 239 Å². The Bertz CT molecular complexity index is 3910. The molecule has 11 rings (SSSR count). The summed E-state index contributed by atoms with van der Waals surface area (Å²) in [5, 5.41) is 85.7. The van der Waals surface area contributed by atoms with Crippen LogP contribution >= 0.6 is 0 Å². The summed E-state index contributed by atoms with van der Waals surface area (Å²) in [6, 6.07) is -3.42. The fourth-order valence-corrected chi connectivity index (χ4v) is 23.9. The fraction of sp³-hybridized carbons (Fsp3) is 0.916. The number of carbonyl (C=O) groups is 3. The molecule has 7 saturated carbocycles. The average molecular weight is 1890 g/mol. The molecule has 19 N–H and O–H groups in total. The molecule has 126 heavy (non-hydrogen) atoms. The molecule has 0 aromatic heterocycles. The zero-order valence-corrected chi connectivity index (χ0v) is 76.2. The van der Waals surface area contributed by atoms with E-state index in [2.05, 4.69) is 115 Å². The van der Waals surface area contributed by atoms with Crippen molar-refractivity contribution in [1.29, 1.82) is 0 Å². The summed E-state index contributed by atoms with van der Waals surface area (Å²) in [4.78, 5) is 42.3. The summed E-state index contributed by atoms with van der Waals surface area (Å²) < 4.78 is 213. The number of nitrogens with one attached hydrogen (secondary N) is 3. The van der Waals surface area contributed by atoms with Crippen LogP contribution < -0.4 is 33.2 Å². The average Bonchev–Trinajstić information content (AvgIpc) is 1.47. The van der Waals surface area contributed by atoms with E-state index in [0.717, 1.165) is 85.9 Å². The van der Waals surface area contributed by atoms with Crippen LogP contribution in [0.5, 0.6) is 0 Å². The number of halogens is 9. The maximum absolute atomic E-state index is 14.5. The molecule has 0 bridgehead atoms. The lowest BCUT2D eigenvalue weighted by Crippen LogP contribution is -2.83. The molecule has 732 valence electrons. The van der Waals surface area contributed by atoms with Gasteiger partial charge in [0.25, 0.3) is 0 Å². The van der Waals surface area contributed by atoms with Crippen LogP contribution in [0.2, 0.25) is 0 Å². The van der Waals surface area contributed by atoms with Gasteiger partial charge in [-0.05, 0) is 202 Å². The molecule has 2 heterocycles. The van der Waals surface area contributed by atoms with E-state index in [9.17, 15) is 89.6 Å². The monoisotopic (exact) mass is 1890 g/mol. The van der Waals surface area contributed by atoms with Gasteiger partial charge in [-0.2, -0.15) is 39.5 Å². The van der Waals surface area contributed by atoms with E-state index < -0.39 is 176 Å². The summed E-state index contributed by atoms with van der Waals surface area (Å²) in [5.41, 5.74) is -1.04. The van der Waals surface area contributed by atoms with Gasteiger partial charge in [0.2, 0.25) is 5.91 Å². The molecule has 11 aliphatic rings. The first-order valence-electron chi connectivity index (χ1n) is 44.6. The highest BCUT2D eigenvalue weighted by molar-refractivity contribution is 7.87. The van der Waals surface area contributed by atoms with E-state index >= 15 is 0 Å². The van der Waals surface area contributed by atoms with Crippen molar-refractivity contribution in [3.63, 3.8) is 0 Å². The maximum atomic E-state index is 14.5. The quantitative estimate of drug-likeness (QED) is 0.0141. The Balaban J connectivity index is 0.000000716. The largest absolute Gasteiger partial charge is 0.741 e. The number of hydrogen-bond donors (Lipinski definition) is 13. The smallest absolute Gasteiger partial charge is 0.485 e. The molecule has 43 heteroatoms. The lowest BCUT2D eigenvalue weighted by atomic mass is 9.47. The first kappa shape index (κ1) is 107. The predicted molar refractivity (Wildman–Crippen MR) is 431 cm³/mol. The SMILES string of the molecule is CC(C)CCC[C@@H](C)[C@H]1CC[C@H]2[C@@H]3CC=C4C[C@@H](OC(=O)NCCCC[C@H](NC(=O)O[C@H]5CC[C@@]6(C)C(=CC[C@H]7[C@@H]8CC[C@H]([C@H](C)CCCC(C)C)[C@@]8(C)CC[C@@H]76)C5)C(=O)NC[C@H]5O[C@@H](O[C@@H]6[C@H](O)[C@@H](O[C@@H]7O[C@H](CO)[C@@H](O)[C@H]([NH3+])[C@H]7O)[C@H]([NH3+])C[C@@H]6[NH3+])[C@H](O)[C@@H](O)[C@@H]5O)CC[C@]4(C)[C@H]3CC[C@]12C.O=S(=O)([O-])C(F)(F)F.O=S(=O)([O-])C(F)(F)F.O=S(=O)([O-])C(F)(F)F. The van der Waals surface area contributed by atoms with Crippen LogP contribution in [0.3, 0.4) is 0 Å². The molecule has 0 radical (unpaired) electrons. The Morgan fingerprint density at radius 1 is 0.508 bits per heavy atom. The highest BCUT2D eigenvalue weighted by Crippen LogP contribution is 2.70. The van der Waals surface area contributed by atoms with E-state index in [4.69, 9.17) is 67.3 Å². The van der Waals surface area contributed by atoms with Crippen LogP contribution in [0.25, 0.3) is 0 Å². The van der Waals surface area contributed by atoms with E-state index in [1.807, 2.05) is 0 Å². The zero-order valence-electron chi connectivity index (χ0n) is 73.7. The number of aliphatic hydroxyl groups is 7. The summed E-state index contributed by atoms with van der Waals surface area (Å²) >= 11 is 0. The van der Waals surface area contributed by atoms with Crippen molar-refractivity contribution in [1.82, 2.24) is 16.0 Å². The van der Waals surface area contributed by atoms with Gasteiger partial charge in [-0.25, -0.2) is 34.8 Å². The minimum Gasteiger partial charge on any atom is -0.741 e. The Hall–Kier alpha value is -3.97. The van der Waals surface area contributed by atoms with E-state index in [1.165, 1.54) is 101 Å². The van der Waals surface area contributed by atoms with Crippen LogP contribution in [0.4, 0.5) is 49.1 Å². The minimum atomic E-state index is -6.09. The normalized spacial score (nSPS) is 39.0. The van der Waals surface area contributed by atoms with Crippen molar-refractivity contribution in [2.75, 3.05) is 19.7 Å². The molecule has 31 nitrogen and oxygen atoms in total. The van der Waals surface area contributed by atoms with Crippen molar-refractivity contribution in [2.24, 2.45) is 92.7 Å². The molecule has 32 atom stereocenters. The topological polar surface area (TPSA) is 539 Å². The number of alkyl halides is 9. The van der Waals surface area contributed by atoms with Crippen LogP contribution in [-0.2, 0) is 63.6 Å². The molecular formula is C83H139F9N6O25S3. The number of alkyl carbamates (subject to hydrolysis) is 2. The highest BCUT2D eigenvalue weighted by atomic mass is 32.2. The number of unbranched alkanes of at least 4 members (excludes halogenated alkanes) is 1. The van der Waals surface area contributed by atoms with Gasteiger partial charge in [-0.15, -0.1) is 0 Å². The van der Waals surface area contributed by atoms with Gasteiger partial charge in [0.15, 0.2) is 49.0 Å². The van der Waals surface area contributed by atoms with Crippen molar-refractivity contribution in [3.05, 3.63) is 23.3 Å².